The molecule has 6 nitrogen and oxygen atoms in total. The van der Waals surface area contributed by atoms with Crippen LogP contribution in [0, 0.1) is 0 Å². The van der Waals surface area contributed by atoms with Crippen molar-refractivity contribution in [2.45, 2.75) is 0 Å². The SMILES string of the molecule is Cn1cc[n+](C)c1/N=N/c1ccc(NCCNc2cccc3ccccc23)cc1. The number of hydrogen-bond donors (Lipinski definition) is 2. The second kappa shape index (κ2) is 8.56. The van der Waals surface area contributed by atoms with Crippen molar-refractivity contribution in [1.29, 1.82) is 0 Å². The van der Waals surface area contributed by atoms with E-state index in [1.807, 2.05) is 59.9 Å². The van der Waals surface area contributed by atoms with Gasteiger partial charge in [0.2, 0.25) is 0 Å². The summed E-state index contributed by atoms with van der Waals surface area (Å²) in [6.07, 6.45) is 3.90. The van der Waals surface area contributed by atoms with Gasteiger partial charge in [-0.15, -0.1) is 0 Å². The zero-order valence-electron chi connectivity index (χ0n) is 16.7. The summed E-state index contributed by atoms with van der Waals surface area (Å²) >= 11 is 0. The summed E-state index contributed by atoms with van der Waals surface area (Å²) in [4.78, 5) is 0. The van der Waals surface area contributed by atoms with E-state index in [9.17, 15) is 0 Å². The van der Waals surface area contributed by atoms with Crippen LogP contribution in [0.25, 0.3) is 10.8 Å². The van der Waals surface area contributed by atoms with E-state index >= 15 is 0 Å². The van der Waals surface area contributed by atoms with Crippen LogP contribution in [-0.4, -0.2) is 17.7 Å². The Labute approximate surface area is 170 Å². The van der Waals surface area contributed by atoms with Gasteiger partial charge in [-0.3, -0.25) is 0 Å². The van der Waals surface area contributed by atoms with E-state index in [0.717, 1.165) is 36.1 Å². The fraction of sp³-hybridized carbons (Fsp3) is 0.174. The molecule has 4 aromatic rings. The van der Waals surface area contributed by atoms with Crippen molar-refractivity contribution in [2.75, 3.05) is 23.7 Å². The lowest BCUT2D eigenvalue weighted by Crippen LogP contribution is -2.25. The number of rotatable bonds is 7. The van der Waals surface area contributed by atoms with Crippen LogP contribution in [0.15, 0.2) is 89.4 Å². The van der Waals surface area contributed by atoms with Crippen LogP contribution in [-0.2, 0) is 14.1 Å². The van der Waals surface area contributed by atoms with E-state index in [4.69, 9.17) is 0 Å². The van der Waals surface area contributed by atoms with Crippen molar-refractivity contribution in [3.05, 3.63) is 79.1 Å². The highest BCUT2D eigenvalue weighted by molar-refractivity contribution is 5.93. The molecular formula is C23H25N6+. The number of hydrogen-bond acceptors (Lipinski definition) is 4. The summed E-state index contributed by atoms with van der Waals surface area (Å²) in [5, 5.41) is 18.1. The Morgan fingerprint density at radius 1 is 0.862 bits per heavy atom. The number of aromatic nitrogens is 2. The summed E-state index contributed by atoms with van der Waals surface area (Å²) in [5.74, 6) is 0.798. The van der Waals surface area contributed by atoms with Gasteiger partial charge in [-0.05, 0) is 35.7 Å². The maximum absolute atomic E-state index is 4.32. The topological polar surface area (TPSA) is 57.6 Å². The van der Waals surface area contributed by atoms with E-state index in [2.05, 4.69) is 63.3 Å². The highest BCUT2D eigenvalue weighted by Crippen LogP contribution is 2.23. The Kier molecular flexibility index (Phi) is 5.52. The van der Waals surface area contributed by atoms with Crippen LogP contribution in [0.4, 0.5) is 23.0 Å². The molecule has 0 spiro atoms. The Bertz CT molecular complexity index is 1100. The van der Waals surface area contributed by atoms with Gasteiger partial charge in [-0.1, -0.05) is 41.5 Å². The highest BCUT2D eigenvalue weighted by Gasteiger charge is 2.10. The molecule has 1 heterocycles. The molecule has 2 N–H and O–H groups in total. The molecule has 0 aliphatic rings. The zero-order chi connectivity index (χ0) is 20.1. The fourth-order valence-electron chi connectivity index (χ4n) is 3.26. The van der Waals surface area contributed by atoms with Crippen LogP contribution in [0.2, 0.25) is 0 Å². The van der Waals surface area contributed by atoms with Gasteiger partial charge in [0.25, 0.3) is 0 Å². The molecule has 0 fully saturated rings. The van der Waals surface area contributed by atoms with Crippen LogP contribution in [0.5, 0.6) is 0 Å². The molecule has 6 heteroatoms. The summed E-state index contributed by atoms with van der Waals surface area (Å²) < 4.78 is 3.87. The second-order valence-corrected chi connectivity index (χ2v) is 6.95. The van der Waals surface area contributed by atoms with Gasteiger partial charge in [0.1, 0.15) is 5.69 Å². The Morgan fingerprint density at radius 3 is 2.41 bits per heavy atom. The molecule has 0 aliphatic heterocycles. The quantitative estimate of drug-likeness (QED) is 0.269. The Balaban J connectivity index is 1.30. The third kappa shape index (κ3) is 4.43. The smallest absolute Gasteiger partial charge is 0.383 e. The lowest BCUT2D eigenvalue weighted by molar-refractivity contribution is -0.657. The number of fused-ring (bicyclic) bond motifs is 1. The first-order valence-electron chi connectivity index (χ1n) is 9.69. The minimum atomic E-state index is 0.798. The van der Waals surface area contributed by atoms with E-state index < -0.39 is 0 Å². The molecule has 0 saturated carbocycles. The largest absolute Gasteiger partial charge is 0.421 e. The first-order valence-corrected chi connectivity index (χ1v) is 9.69. The van der Waals surface area contributed by atoms with E-state index in [1.54, 1.807) is 0 Å². The van der Waals surface area contributed by atoms with Gasteiger partial charge in [0, 0.05) is 35.0 Å². The maximum atomic E-state index is 4.32. The number of aryl methyl sites for hydroxylation is 2. The van der Waals surface area contributed by atoms with Crippen LogP contribution in [0.1, 0.15) is 0 Å². The monoisotopic (exact) mass is 385 g/mol. The van der Waals surface area contributed by atoms with Crippen molar-refractivity contribution in [3.63, 3.8) is 0 Å². The van der Waals surface area contributed by atoms with Gasteiger partial charge in [0.15, 0.2) is 0 Å². The number of azo groups is 1. The maximum Gasteiger partial charge on any atom is 0.421 e. The molecule has 0 atom stereocenters. The molecule has 146 valence electrons. The minimum Gasteiger partial charge on any atom is -0.383 e. The van der Waals surface area contributed by atoms with Crippen LogP contribution in [0.3, 0.4) is 0 Å². The summed E-state index contributed by atoms with van der Waals surface area (Å²) in [7, 11) is 3.90. The van der Waals surface area contributed by atoms with Gasteiger partial charge in [-0.2, -0.15) is 0 Å². The van der Waals surface area contributed by atoms with Crippen LogP contribution < -0.4 is 15.2 Å². The molecule has 0 amide bonds. The third-order valence-electron chi connectivity index (χ3n) is 4.83. The molecule has 1 aromatic heterocycles. The van der Waals surface area contributed by atoms with Crippen molar-refractivity contribution in [3.8, 4) is 0 Å². The van der Waals surface area contributed by atoms with Crippen molar-refractivity contribution in [1.82, 2.24) is 4.57 Å². The predicted octanol–water partition coefficient (Wildman–Crippen LogP) is 4.94. The van der Waals surface area contributed by atoms with Gasteiger partial charge < -0.3 is 10.6 Å². The molecule has 0 aliphatic carbocycles. The third-order valence-corrected chi connectivity index (χ3v) is 4.83. The van der Waals surface area contributed by atoms with E-state index in [-0.39, 0.29) is 0 Å². The molecule has 0 saturated heterocycles. The number of benzene rings is 3. The van der Waals surface area contributed by atoms with Gasteiger partial charge >= 0.3 is 5.95 Å². The fourth-order valence-corrected chi connectivity index (χ4v) is 3.26. The van der Waals surface area contributed by atoms with E-state index in [1.165, 1.54) is 10.8 Å². The van der Waals surface area contributed by atoms with Gasteiger partial charge in [-0.25, -0.2) is 9.13 Å². The van der Waals surface area contributed by atoms with Gasteiger partial charge in [0.05, 0.1) is 26.5 Å². The predicted molar refractivity (Wildman–Crippen MR) is 118 cm³/mol. The summed E-state index contributed by atoms with van der Waals surface area (Å²) in [6.45, 7) is 1.66. The molecule has 0 bridgehead atoms. The lowest BCUT2D eigenvalue weighted by Gasteiger charge is -2.11. The molecule has 29 heavy (non-hydrogen) atoms. The highest BCUT2D eigenvalue weighted by atomic mass is 15.3. The Morgan fingerprint density at radius 2 is 1.62 bits per heavy atom. The van der Waals surface area contributed by atoms with Crippen molar-refractivity contribution < 1.29 is 4.57 Å². The van der Waals surface area contributed by atoms with Crippen molar-refractivity contribution >= 4 is 33.8 Å². The lowest BCUT2D eigenvalue weighted by atomic mass is 10.1. The molecular weight excluding hydrogens is 360 g/mol. The summed E-state index contributed by atoms with van der Waals surface area (Å²) in [6, 6.07) is 22.7. The molecule has 0 radical (unpaired) electrons. The number of anilines is 2. The number of nitrogens with one attached hydrogen (secondary N) is 2. The molecule has 4 rings (SSSR count). The Hall–Kier alpha value is -3.67. The average molecular weight is 385 g/mol. The minimum absolute atomic E-state index is 0.798. The molecule has 0 unspecified atom stereocenters. The first-order chi connectivity index (χ1) is 14.2. The van der Waals surface area contributed by atoms with Crippen LogP contribution >= 0.6 is 0 Å². The first kappa shape index (κ1) is 18.7. The average Bonchev–Trinajstić information content (AvgIpc) is 3.08. The standard InChI is InChI=1S/C23H24N6/c1-28-16-17-29(2)23(28)27-26-20-12-10-19(11-13-20)24-14-15-25-22-9-5-7-18-6-3-4-8-21(18)22/h3-13,16-17,25H,14-15H2,1-2H3/p+1. The summed E-state index contributed by atoms with van der Waals surface area (Å²) in [5.41, 5.74) is 3.05. The molecule has 3 aromatic carbocycles. The number of imidazole rings is 1. The van der Waals surface area contributed by atoms with E-state index in [0.29, 0.717) is 0 Å². The van der Waals surface area contributed by atoms with Crippen molar-refractivity contribution in [2.24, 2.45) is 24.3 Å². The second-order valence-electron chi connectivity index (χ2n) is 6.95. The normalized spacial score (nSPS) is 11.2. The number of nitrogens with zero attached hydrogens (tertiary/aromatic N) is 4. The zero-order valence-corrected chi connectivity index (χ0v) is 16.7.